The molecule has 0 fully saturated rings. The minimum atomic E-state index is -4.42. The van der Waals surface area contributed by atoms with Gasteiger partial charge in [-0.05, 0) is 154 Å². The van der Waals surface area contributed by atoms with E-state index in [2.05, 4.69) is 233 Å². The molecule has 0 saturated carbocycles. The predicted octanol–water partition coefficient (Wildman–Crippen LogP) is 26.7. The van der Waals surface area contributed by atoms with Crippen LogP contribution in [0.15, 0.2) is 219 Å². The van der Waals surface area contributed by atoms with E-state index in [0.29, 0.717) is 6.42 Å². The molecule has 9 nitrogen and oxygen atoms in total. The highest BCUT2D eigenvalue weighted by Crippen LogP contribution is 2.43. The lowest BCUT2D eigenvalue weighted by molar-refractivity contribution is -0.161. The Bertz CT molecular complexity index is 2440. The lowest BCUT2D eigenvalue weighted by atomic mass is 10.0. The maximum Gasteiger partial charge on any atom is 0.472 e. The Morgan fingerprint density at radius 1 is 0.303 bits per heavy atom. The van der Waals surface area contributed by atoms with E-state index in [1.807, 2.05) is 0 Å². The smallest absolute Gasteiger partial charge is 0.462 e. The predicted molar refractivity (Wildman–Crippen MR) is 431 cm³/mol. The van der Waals surface area contributed by atoms with Gasteiger partial charge in [-0.2, -0.15) is 0 Å². The number of ether oxygens (including phenoxy) is 2. The molecule has 0 bridgehead atoms. The van der Waals surface area contributed by atoms with Gasteiger partial charge in [0.2, 0.25) is 0 Å². The molecule has 0 aliphatic rings. The van der Waals surface area contributed by atoms with Gasteiger partial charge in [0.1, 0.15) is 6.61 Å². The molecule has 0 radical (unpaired) electrons. The molecule has 0 aromatic rings. The van der Waals surface area contributed by atoms with Crippen LogP contribution in [0, 0.1) is 0 Å². The van der Waals surface area contributed by atoms with Gasteiger partial charge in [-0.15, -0.1) is 0 Å². The van der Waals surface area contributed by atoms with E-state index in [4.69, 9.17) is 24.3 Å². The Labute approximate surface area is 607 Å². The molecule has 3 N–H and O–H groups in total. The summed E-state index contributed by atoms with van der Waals surface area (Å²) >= 11 is 0. The third-order valence-corrected chi connectivity index (χ3v) is 16.8. The molecule has 0 rings (SSSR count). The molecule has 0 aliphatic heterocycles. The molecule has 0 amide bonds. The van der Waals surface area contributed by atoms with Crippen molar-refractivity contribution in [1.82, 2.24) is 0 Å². The van der Waals surface area contributed by atoms with Gasteiger partial charge < -0.3 is 20.1 Å². The fourth-order valence-electron chi connectivity index (χ4n) is 10.2. The van der Waals surface area contributed by atoms with Crippen LogP contribution >= 0.6 is 7.82 Å². The van der Waals surface area contributed by atoms with Gasteiger partial charge in [-0.1, -0.05) is 348 Å². The molecule has 2 atom stereocenters. The third kappa shape index (κ3) is 81.2. The highest BCUT2D eigenvalue weighted by molar-refractivity contribution is 7.47. The van der Waals surface area contributed by atoms with E-state index in [0.717, 1.165) is 148 Å². The number of hydrogen-bond donors (Lipinski definition) is 2. The first kappa shape index (κ1) is 93.3. The minimum Gasteiger partial charge on any atom is -0.462 e. The topological polar surface area (TPSA) is 134 Å². The molecule has 0 heterocycles. The molecule has 0 saturated heterocycles. The zero-order chi connectivity index (χ0) is 71.5. The number of carbonyl (C=O) groups is 2. The molecule has 0 aromatic heterocycles. The Morgan fingerprint density at radius 2 is 0.525 bits per heavy atom. The molecule has 0 spiro atoms. The van der Waals surface area contributed by atoms with Crippen LogP contribution in [0.25, 0.3) is 0 Å². The first-order chi connectivity index (χ1) is 48.8. The first-order valence-electron chi connectivity index (χ1n) is 39.2. The van der Waals surface area contributed by atoms with Crippen molar-refractivity contribution >= 4 is 19.8 Å². The van der Waals surface area contributed by atoms with Gasteiger partial charge in [0.15, 0.2) is 6.10 Å². The second-order valence-electron chi connectivity index (χ2n) is 25.1. The van der Waals surface area contributed by atoms with Gasteiger partial charge in [0, 0.05) is 19.4 Å². The number of phosphoric acid groups is 1. The third-order valence-electron chi connectivity index (χ3n) is 15.9. The lowest BCUT2D eigenvalue weighted by Crippen LogP contribution is -2.29. The minimum absolute atomic E-state index is 0.0366. The molecular formula is C89H142NO8P. The van der Waals surface area contributed by atoms with E-state index >= 15 is 0 Å². The van der Waals surface area contributed by atoms with Crippen LogP contribution in [0.4, 0.5) is 0 Å². The molecule has 10 heteroatoms. The van der Waals surface area contributed by atoms with Gasteiger partial charge in [0.05, 0.1) is 13.2 Å². The van der Waals surface area contributed by atoms with Crippen LogP contribution < -0.4 is 5.73 Å². The number of allylic oxidation sites excluding steroid dienone is 36. The van der Waals surface area contributed by atoms with Gasteiger partial charge in [-0.3, -0.25) is 18.6 Å². The number of esters is 2. The summed E-state index contributed by atoms with van der Waals surface area (Å²) in [6, 6.07) is 0. The SMILES string of the molecule is CC/C=C\C/C=C\C/C=C\C/C=C\C/C=C\C/C=C\C/C=C\C/C=C\C/C=C\C/C=C\C/C=C\C/C=C\CCCCC(=O)OC(COC(=O)CCCCCCCCCCCCCCCCCCCCCC/C=C\C/C=C\C/C=C\C/C=C\C/C=C\C/C=C\CC)COP(=O)(O)OCCN. The molecule has 2 unspecified atom stereocenters. The van der Waals surface area contributed by atoms with Crippen LogP contribution in [0.2, 0.25) is 0 Å². The maximum absolute atomic E-state index is 12.8. The maximum atomic E-state index is 12.8. The van der Waals surface area contributed by atoms with Crippen LogP contribution in [0.3, 0.4) is 0 Å². The van der Waals surface area contributed by atoms with E-state index in [-0.39, 0.29) is 32.6 Å². The summed E-state index contributed by atoms with van der Waals surface area (Å²) in [5.74, 6) is -0.886. The van der Waals surface area contributed by atoms with Crippen molar-refractivity contribution < 1.29 is 37.6 Å². The zero-order valence-electron chi connectivity index (χ0n) is 62.6. The Balaban J connectivity index is 3.97. The Morgan fingerprint density at radius 3 is 0.798 bits per heavy atom. The van der Waals surface area contributed by atoms with Crippen LogP contribution in [0.1, 0.15) is 296 Å². The van der Waals surface area contributed by atoms with Crippen molar-refractivity contribution in [1.29, 1.82) is 0 Å². The number of phosphoric ester groups is 1. The first-order valence-corrected chi connectivity index (χ1v) is 40.7. The molecule has 0 aliphatic carbocycles. The molecule has 556 valence electrons. The van der Waals surface area contributed by atoms with Crippen molar-refractivity contribution in [2.24, 2.45) is 5.73 Å². The van der Waals surface area contributed by atoms with E-state index in [9.17, 15) is 19.0 Å². The summed E-state index contributed by atoms with van der Waals surface area (Å²) in [5, 5.41) is 0. The largest absolute Gasteiger partial charge is 0.472 e. The monoisotopic (exact) mass is 1380 g/mol. The van der Waals surface area contributed by atoms with Crippen molar-refractivity contribution in [2.75, 3.05) is 26.4 Å². The fourth-order valence-corrected chi connectivity index (χ4v) is 10.9. The number of hydrogen-bond acceptors (Lipinski definition) is 8. The summed E-state index contributed by atoms with van der Waals surface area (Å²) in [6.07, 6.45) is 126. The number of nitrogens with two attached hydrogens (primary N) is 1. The quantitative estimate of drug-likeness (QED) is 0.0264. The summed E-state index contributed by atoms with van der Waals surface area (Å²) < 4.78 is 33.2. The Kier molecular flexibility index (Phi) is 76.6. The van der Waals surface area contributed by atoms with Crippen molar-refractivity contribution in [3.8, 4) is 0 Å². The Hall–Kier alpha value is -5.67. The zero-order valence-corrected chi connectivity index (χ0v) is 63.5. The summed E-state index contributed by atoms with van der Waals surface area (Å²) in [5.41, 5.74) is 5.41. The average Bonchev–Trinajstić information content (AvgIpc) is 1.35. The standard InChI is InChI=1S/C89H142NO8P/c1-3-5-7-9-11-13-15-17-19-21-23-25-27-29-31-33-35-37-39-41-43-45-47-49-51-53-55-57-59-61-63-65-67-69-71-73-75-77-79-81-88(91)95-85-87(86-97-99(93,94)96-84-83-90)98-89(92)82-80-78-76-74-72-70-68-66-64-62-60-58-56-54-52-50-48-46-44-42-40-38-36-34-32-30-28-26-24-22-20-18-16-14-12-10-8-6-4-2/h5-8,11-14,17-20,23-26,29-32,35-38,42,44,48,50,54,56,60,62,66,68,72,74,87H,3-4,9-10,15-16,21-22,27-28,33-34,39-41,43,45-47,49,51-53,55,57-59,61,63-65,67,69-71,73,75-86,90H2,1-2H3,(H,93,94)/b7-5-,8-6-,13-11-,14-12-,19-17-,20-18-,25-23-,26-24-,31-29-,32-30-,37-35-,38-36-,44-42-,50-48-,56-54-,62-60-,68-66-,74-72-. The van der Waals surface area contributed by atoms with E-state index in [1.54, 1.807) is 0 Å². The number of carbonyl (C=O) groups excluding carboxylic acids is 2. The second-order valence-corrected chi connectivity index (χ2v) is 26.6. The summed E-state index contributed by atoms with van der Waals surface area (Å²) in [6.45, 7) is 3.46. The fraction of sp³-hybridized carbons (Fsp3) is 0.573. The number of unbranched alkanes of at least 4 members (excludes halogenated alkanes) is 22. The summed E-state index contributed by atoms with van der Waals surface area (Å²) in [7, 11) is -4.42. The van der Waals surface area contributed by atoms with Crippen molar-refractivity contribution in [3.63, 3.8) is 0 Å². The highest BCUT2D eigenvalue weighted by atomic mass is 31.2. The highest BCUT2D eigenvalue weighted by Gasteiger charge is 2.26. The average molecular weight is 1390 g/mol. The van der Waals surface area contributed by atoms with Gasteiger partial charge >= 0.3 is 19.8 Å². The van der Waals surface area contributed by atoms with Gasteiger partial charge in [0.25, 0.3) is 0 Å². The van der Waals surface area contributed by atoms with Crippen LogP contribution in [0.5, 0.6) is 0 Å². The normalized spacial score (nSPS) is 14.1. The summed E-state index contributed by atoms with van der Waals surface area (Å²) in [4.78, 5) is 35.4. The number of rotatable bonds is 71. The second kappa shape index (κ2) is 81.3. The molecule has 0 aromatic carbocycles. The van der Waals surface area contributed by atoms with E-state index in [1.165, 1.54) is 116 Å². The molecular weight excluding hydrogens is 1240 g/mol. The van der Waals surface area contributed by atoms with Gasteiger partial charge in [-0.25, -0.2) is 4.57 Å². The lowest BCUT2D eigenvalue weighted by Gasteiger charge is -2.19. The van der Waals surface area contributed by atoms with Crippen LogP contribution in [-0.2, 0) is 32.7 Å². The van der Waals surface area contributed by atoms with Crippen LogP contribution in [-0.4, -0.2) is 49.3 Å². The van der Waals surface area contributed by atoms with E-state index < -0.39 is 32.5 Å². The van der Waals surface area contributed by atoms with Crippen molar-refractivity contribution in [2.45, 2.75) is 302 Å². The molecule has 99 heavy (non-hydrogen) atoms. The van der Waals surface area contributed by atoms with Crippen molar-refractivity contribution in [3.05, 3.63) is 219 Å².